The molecule has 1 N–H and O–H groups in total. The minimum Gasteiger partial charge on any atom is -0.435 e. The monoisotopic (exact) mass is 332 g/mol. The van der Waals surface area contributed by atoms with E-state index in [1.54, 1.807) is 0 Å². The lowest BCUT2D eigenvalue weighted by Gasteiger charge is -2.05. The molecule has 1 aromatic rings. The maximum absolute atomic E-state index is 12.0. The summed E-state index contributed by atoms with van der Waals surface area (Å²) < 4.78 is 50.7. The number of sulfone groups is 1. The highest BCUT2D eigenvalue weighted by Crippen LogP contribution is 2.18. The second-order valence-electron chi connectivity index (χ2n) is 4.78. The van der Waals surface area contributed by atoms with Gasteiger partial charge in [0.05, 0.1) is 23.6 Å². The number of rotatable bonds is 5. The standard InChI is InChI=1S/C13H14F2N2O4S/c14-13(15)21-11-3-1-9(2-4-11)7-16-17-12(18)10-5-6-22(19,20)8-10/h1-4,7,10,13H,5-6,8H2,(H,17,18)/b16-7-/t10-/m1/s1. The summed E-state index contributed by atoms with van der Waals surface area (Å²) in [6.07, 6.45) is 1.62. The third-order valence-electron chi connectivity index (χ3n) is 3.10. The van der Waals surface area contributed by atoms with Crippen LogP contribution in [0.25, 0.3) is 0 Å². The van der Waals surface area contributed by atoms with Gasteiger partial charge in [-0.05, 0) is 36.2 Å². The zero-order valence-electron chi connectivity index (χ0n) is 11.4. The van der Waals surface area contributed by atoms with Crippen molar-refractivity contribution in [2.24, 2.45) is 11.0 Å². The number of nitrogens with one attached hydrogen (secondary N) is 1. The molecule has 9 heteroatoms. The molecule has 0 spiro atoms. The number of halogens is 2. The summed E-state index contributed by atoms with van der Waals surface area (Å²) >= 11 is 0. The predicted octanol–water partition coefficient (Wildman–Crippen LogP) is 1.17. The van der Waals surface area contributed by atoms with E-state index in [9.17, 15) is 22.0 Å². The molecule has 0 aliphatic carbocycles. The summed E-state index contributed by atoms with van der Waals surface area (Å²) in [6, 6.07) is 5.68. The number of alkyl halides is 2. The second kappa shape index (κ2) is 6.82. The van der Waals surface area contributed by atoms with Crippen molar-refractivity contribution in [3.63, 3.8) is 0 Å². The van der Waals surface area contributed by atoms with E-state index < -0.39 is 28.3 Å². The summed E-state index contributed by atoms with van der Waals surface area (Å²) in [4.78, 5) is 11.7. The van der Waals surface area contributed by atoms with Gasteiger partial charge in [0.1, 0.15) is 5.75 Å². The zero-order valence-corrected chi connectivity index (χ0v) is 12.2. The zero-order chi connectivity index (χ0) is 16.2. The van der Waals surface area contributed by atoms with Gasteiger partial charge >= 0.3 is 6.61 Å². The molecule has 22 heavy (non-hydrogen) atoms. The van der Waals surface area contributed by atoms with E-state index in [0.29, 0.717) is 12.0 Å². The molecule has 0 saturated carbocycles. The van der Waals surface area contributed by atoms with E-state index in [2.05, 4.69) is 15.3 Å². The van der Waals surface area contributed by atoms with E-state index in [-0.39, 0.29) is 17.3 Å². The topological polar surface area (TPSA) is 84.8 Å². The summed E-state index contributed by atoms with van der Waals surface area (Å²) in [5, 5.41) is 3.72. The molecule has 1 saturated heterocycles. The molecule has 1 fully saturated rings. The van der Waals surface area contributed by atoms with Gasteiger partial charge in [0, 0.05) is 0 Å². The molecule has 1 aliphatic rings. The van der Waals surface area contributed by atoms with Gasteiger partial charge < -0.3 is 4.74 Å². The number of hydrogen-bond donors (Lipinski definition) is 1. The molecule has 1 amide bonds. The van der Waals surface area contributed by atoms with Crippen LogP contribution in [0.2, 0.25) is 0 Å². The smallest absolute Gasteiger partial charge is 0.387 e. The molecule has 1 atom stereocenters. The number of carbonyl (C=O) groups excluding carboxylic acids is 1. The first kappa shape index (κ1) is 16.3. The van der Waals surface area contributed by atoms with Crippen LogP contribution in [0.5, 0.6) is 5.75 Å². The molecule has 120 valence electrons. The Balaban J connectivity index is 1.86. The summed E-state index contributed by atoms with van der Waals surface area (Å²) in [5.41, 5.74) is 2.84. The SMILES string of the molecule is O=C(N/N=C\c1ccc(OC(F)F)cc1)[C@@H]1CCS(=O)(=O)C1. The third kappa shape index (κ3) is 4.76. The molecule has 0 unspecified atom stereocenters. The van der Waals surface area contributed by atoms with E-state index in [1.165, 1.54) is 30.5 Å². The number of benzene rings is 1. The van der Waals surface area contributed by atoms with E-state index in [0.717, 1.165) is 0 Å². The van der Waals surface area contributed by atoms with Crippen LogP contribution in [-0.2, 0) is 14.6 Å². The molecular weight excluding hydrogens is 318 g/mol. The fraction of sp³-hybridized carbons (Fsp3) is 0.385. The number of nitrogens with zero attached hydrogens (tertiary/aromatic N) is 1. The molecule has 0 radical (unpaired) electrons. The van der Waals surface area contributed by atoms with Crippen molar-refractivity contribution in [3.05, 3.63) is 29.8 Å². The Morgan fingerprint density at radius 3 is 2.59 bits per heavy atom. The first-order valence-electron chi connectivity index (χ1n) is 6.44. The summed E-state index contributed by atoms with van der Waals surface area (Å²) in [5.74, 6) is -1.15. The van der Waals surface area contributed by atoms with Crippen LogP contribution < -0.4 is 10.2 Å². The number of carbonyl (C=O) groups is 1. The van der Waals surface area contributed by atoms with Gasteiger partial charge in [-0.3, -0.25) is 4.79 Å². The molecular formula is C13H14F2N2O4S. The lowest BCUT2D eigenvalue weighted by atomic mass is 10.1. The third-order valence-corrected chi connectivity index (χ3v) is 4.86. The Morgan fingerprint density at radius 2 is 2.05 bits per heavy atom. The van der Waals surface area contributed by atoms with Crippen LogP contribution in [0, 0.1) is 5.92 Å². The molecule has 1 aromatic carbocycles. The number of amides is 1. The molecule has 2 rings (SSSR count). The average molecular weight is 332 g/mol. The quantitative estimate of drug-likeness (QED) is 0.648. The number of ether oxygens (including phenoxy) is 1. The van der Waals surface area contributed by atoms with Crippen LogP contribution in [0.15, 0.2) is 29.4 Å². The first-order valence-corrected chi connectivity index (χ1v) is 8.26. The summed E-state index contributed by atoms with van der Waals surface area (Å²) in [7, 11) is -3.12. The highest BCUT2D eigenvalue weighted by atomic mass is 32.2. The largest absolute Gasteiger partial charge is 0.435 e. The number of hydrazone groups is 1. The average Bonchev–Trinajstić information content (AvgIpc) is 2.80. The van der Waals surface area contributed by atoms with Crippen molar-refractivity contribution in [1.82, 2.24) is 5.43 Å². The van der Waals surface area contributed by atoms with Crippen LogP contribution in [0.1, 0.15) is 12.0 Å². The Hall–Kier alpha value is -2.03. The van der Waals surface area contributed by atoms with Gasteiger partial charge in [-0.1, -0.05) is 0 Å². The second-order valence-corrected chi connectivity index (χ2v) is 7.01. The summed E-state index contributed by atoms with van der Waals surface area (Å²) in [6.45, 7) is -2.89. The lowest BCUT2D eigenvalue weighted by molar-refractivity contribution is -0.124. The van der Waals surface area contributed by atoms with Crippen LogP contribution in [0.3, 0.4) is 0 Å². The molecule has 6 nitrogen and oxygen atoms in total. The fourth-order valence-corrected chi connectivity index (χ4v) is 3.74. The minimum atomic E-state index is -3.12. The van der Waals surface area contributed by atoms with E-state index in [1.807, 2.05) is 0 Å². The van der Waals surface area contributed by atoms with Gasteiger partial charge in [-0.15, -0.1) is 0 Å². The van der Waals surface area contributed by atoms with Crippen LogP contribution in [-0.4, -0.2) is 38.7 Å². The Labute approximate surface area is 126 Å². The lowest BCUT2D eigenvalue weighted by Crippen LogP contribution is -2.27. The van der Waals surface area contributed by atoms with Gasteiger partial charge in [-0.25, -0.2) is 13.8 Å². The highest BCUT2D eigenvalue weighted by molar-refractivity contribution is 7.91. The van der Waals surface area contributed by atoms with Gasteiger partial charge in [0.25, 0.3) is 0 Å². The van der Waals surface area contributed by atoms with Crippen molar-refractivity contribution >= 4 is 22.0 Å². The molecule has 1 aliphatic heterocycles. The Bertz CT molecular complexity index is 659. The maximum atomic E-state index is 12.0. The van der Waals surface area contributed by atoms with E-state index >= 15 is 0 Å². The van der Waals surface area contributed by atoms with Gasteiger partial charge in [-0.2, -0.15) is 13.9 Å². The highest BCUT2D eigenvalue weighted by Gasteiger charge is 2.32. The Morgan fingerprint density at radius 1 is 1.36 bits per heavy atom. The molecule has 1 heterocycles. The van der Waals surface area contributed by atoms with Gasteiger partial charge in [0.15, 0.2) is 9.84 Å². The van der Waals surface area contributed by atoms with Crippen molar-refractivity contribution in [2.45, 2.75) is 13.0 Å². The predicted molar refractivity (Wildman–Crippen MR) is 75.6 cm³/mol. The molecule has 0 aromatic heterocycles. The first-order chi connectivity index (χ1) is 10.4. The van der Waals surface area contributed by atoms with Crippen molar-refractivity contribution in [1.29, 1.82) is 0 Å². The normalized spacial score (nSPS) is 20.4. The Kier molecular flexibility index (Phi) is 5.07. The van der Waals surface area contributed by atoms with Crippen LogP contribution >= 0.6 is 0 Å². The fourth-order valence-electron chi connectivity index (χ4n) is 2.00. The number of hydrogen-bond acceptors (Lipinski definition) is 5. The van der Waals surface area contributed by atoms with Crippen molar-refractivity contribution in [3.8, 4) is 5.75 Å². The van der Waals surface area contributed by atoms with Crippen molar-refractivity contribution in [2.75, 3.05) is 11.5 Å². The maximum Gasteiger partial charge on any atom is 0.387 e. The van der Waals surface area contributed by atoms with Crippen LogP contribution in [0.4, 0.5) is 8.78 Å². The minimum absolute atomic E-state index is 0.0143. The van der Waals surface area contributed by atoms with Gasteiger partial charge in [0.2, 0.25) is 5.91 Å². The van der Waals surface area contributed by atoms with Crippen molar-refractivity contribution < 1.29 is 26.7 Å². The van der Waals surface area contributed by atoms with E-state index in [4.69, 9.17) is 0 Å². The molecule has 0 bridgehead atoms.